The third-order valence-corrected chi connectivity index (χ3v) is 6.35. The van der Waals surface area contributed by atoms with Gasteiger partial charge in [-0.25, -0.2) is 4.79 Å². The number of aryl methyl sites for hydroxylation is 2. The van der Waals surface area contributed by atoms with Crippen LogP contribution in [0.1, 0.15) is 45.2 Å². The number of carboxylic acid groups (broad SMARTS) is 2. The minimum Gasteiger partial charge on any atom is -0.481 e. The molecule has 31 heavy (non-hydrogen) atoms. The summed E-state index contributed by atoms with van der Waals surface area (Å²) in [4.78, 5) is 33.8. The fraction of sp³-hybridized carbons (Fsp3) is 0.609. The number of nitrogens with one attached hydrogen (secondary N) is 1. The Morgan fingerprint density at radius 3 is 2.03 bits per heavy atom. The number of hydrogen-bond donors (Lipinski definition) is 3. The van der Waals surface area contributed by atoms with Crippen molar-refractivity contribution in [2.75, 3.05) is 12.8 Å². The Morgan fingerprint density at radius 2 is 1.65 bits per heavy atom. The van der Waals surface area contributed by atoms with Crippen molar-refractivity contribution >= 4 is 29.8 Å². The third-order valence-electron chi connectivity index (χ3n) is 5.03. The molecule has 2 rings (SSSR count). The van der Waals surface area contributed by atoms with E-state index in [9.17, 15) is 14.4 Å². The number of amides is 1. The summed E-state index contributed by atoms with van der Waals surface area (Å²) in [5.41, 5.74) is 2.14. The van der Waals surface area contributed by atoms with Crippen LogP contribution in [0.3, 0.4) is 0 Å². The van der Waals surface area contributed by atoms with Crippen molar-refractivity contribution in [2.45, 2.75) is 58.5 Å². The fourth-order valence-electron chi connectivity index (χ4n) is 3.24. The van der Waals surface area contributed by atoms with Crippen LogP contribution in [0.2, 0.25) is 0 Å². The molecule has 1 aromatic carbocycles. The Morgan fingerprint density at radius 1 is 1.10 bits per heavy atom. The highest BCUT2D eigenvalue weighted by molar-refractivity contribution is 7.99. The molecule has 1 aliphatic rings. The summed E-state index contributed by atoms with van der Waals surface area (Å²) in [6.07, 6.45) is 0.272. The van der Waals surface area contributed by atoms with Crippen LogP contribution >= 0.6 is 11.8 Å². The molecule has 1 aliphatic carbocycles. The molecule has 8 heteroatoms. The van der Waals surface area contributed by atoms with Gasteiger partial charge >= 0.3 is 18.0 Å². The summed E-state index contributed by atoms with van der Waals surface area (Å²) in [5, 5.41) is 20.5. The van der Waals surface area contributed by atoms with E-state index in [4.69, 9.17) is 14.9 Å². The molecule has 3 atom stereocenters. The van der Waals surface area contributed by atoms with Crippen LogP contribution < -0.4 is 5.32 Å². The largest absolute Gasteiger partial charge is 0.481 e. The Balaban J connectivity index is 0.000000452. The molecule has 174 valence electrons. The molecule has 1 aromatic rings. The number of ether oxygens (including phenoxy) is 1. The van der Waals surface area contributed by atoms with E-state index < -0.39 is 23.8 Å². The van der Waals surface area contributed by atoms with Crippen LogP contribution in [0.15, 0.2) is 23.1 Å². The Labute approximate surface area is 188 Å². The zero-order valence-corrected chi connectivity index (χ0v) is 20.2. The number of carboxylic acids is 2. The Hall–Kier alpha value is -2.22. The lowest BCUT2D eigenvalue weighted by atomic mass is 10.0. The first-order valence-corrected chi connectivity index (χ1v) is 11.3. The summed E-state index contributed by atoms with van der Waals surface area (Å²) in [7, 11) is 1.54. The maximum atomic E-state index is 11.0. The SMILES string of the molecule is CNC(=O)OC(C)(C)C.Cc1ccc(SCC(C)CC2C(C(=O)O)C2C(=O)O)cc1C. The van der Waals surface area contributed by atoms with Gasteiger partial charge in [0.2, 0.25) is 0 Å². The molecule has 0 saturated heterocycles. The van der Waals surface area contributed by atoms with E-state index in [0.717, 1.165) is 5.75 Å². The molecule has 1 amide bonds. The summed E-state index contributed by atoms with van der Waals surface area (Å²) in [5.74, 6) is -2.42. The highest BCUT2D eigenvalue weighted by atomic mass is 32.2. The van der Waals surface area contributed by atoms with E-state index >= 15 is 0 Å². The van der Waals surface area contributed by atoms with Gasteiger partial charge in [0.25, 0.3) is 0 Å². The van der Waals surface area contributed by atoms with Crippen LogP contribution in [0.5, 0.6) is 0 Å². The third kappa shape index (κ3) is 9.21. The standard InChI is InChI=1S/C17H22O4S.C6H13NO2/c1-9(6-13-14(16(18)19)15(13)17(20)21)8-22-12-5-4-10(2)11(3)7-12;1-6(2,3)9-5(8)7-4/h4-5,7,9,13-15H,6,8H2,1-3H3,(H,18,19)(H,20,21);1-4H3,(H,7,8). The average molecular weight is 454 g/mol. The average Bonchev–Trinajstić information content (AvgIpc) is 3.36. The van der Waals surface area contributed by atoms with Crippen molar-refractivity contribution < 1.29 is 29.3 Å². The van der Waals surface area contributed by atoms with E-state index in [2.05, 4.69) is 44.3 Å². The van der Waals surface area contributed by atoms with E-state index in [1.54, 1.807) is 11.8 Å². The van der Waals surface area contributed by atoms with Gasteiger partial charge in [0.15, 0.2) is 0 Å². The van der Waals surface area contributed by atoms with Gasteiger partial charge in [0.1, 0.15) is 5.60 Å². The van der Waals surface area contributed by atoms with Gasteiger partial charge in [-0.2, -0.15) is 0 Å². The number of carbonyl (C=O) groups excluding carboxylic acids is 1. The first kappa shape index (κ1) is 26.8. The molecule has 3 N–H and O–H groups in total. The minimum atomic E-state index is -0.980. The van der Waals surface area contributed by atoms with Crippen molar-refractivity contribution in [1.29, 1.82) is 0 Å². The van der Waals surface area contributed by atoms with Crippen LogP contribution in [-0.2, 0) is 14.3 Å². The molecule has 1 fully saturated rings. The molecule has 0 aliphatic heterocycles. The number of aliphatic carboxylic acids is 2. The summed E-state index contributed by atoms with van der Waals surface area (Å²) < 4.78 is 4.84. The van der Waals surface area contributed by atoms with E-state index in [1.807, 2.05) is 20.8 Å². The van der Waals surface area contributed by atoms with Crippen molar-refractivity contribution in [3.8, 4) is 0 Å². The topological polar surface area (TPSA) is 113 Å². The Bertz CT molecular complexity index is 769. The normalized spacial score (nSPS) is 20.7. The lowest BCUT2D eigenvalue weighted by molar-refractivity contribution is -0.144. The number of alkyl carbamates (subject to hydrolysis) is 1. The second-order valence-electron chi connectivity index (χ2n) is 9.04. The lowest BCUT2D eigenvalue weighted by Crippen LogP contribution is -2.30. The predicted octanol–water partition coefficient (Wildman–Crippen LogP) is 4.59. The highest BCUT2D eigenvalue weighted by Gasteiger charge is 2.59. The molecule has 1 saturated carbocycles. The number of carbonyl (C=O) groups is 3. The van der Waals surface area contributed by atoms with E-state index in [-0.39, 0.29) is 17.6 Å². The molecular weight excluding hydrogens is 418 g/mol. The van der Waals surface area contributed by atoms with Crippen LogP contribution in [0.25, 0.3) is 0 Å². The van der Waals surface area contributed by atoms with Gasteiger partial charge in [-0.05, 0) is 76.1 Å². The number of rotatable bonds is 7. The van der Waals surface area contributed by atoms with Crippen LogP contribution in [0, 0.1) is 37.5 Å². The molecule has 7 nitrogen and oxygen atoms in total. The molecule has 3 unspecified atom stereocenters. The van der Waals surface area contributed by atoms with Crippen molar-refractivity contribution in [3.05, 3.63) is 29.3 Å². The highest BCUT2D eigenvalue weighted by Crippen LogP contribution is 2.50. The smallest absolute Gasteiger partial charge is 0.407 e. The summed E-state index contributed by atoms with van der Waals surface area (Å²) in [6.45, 7) is 11.7. The zero-order chi connectivity index (χ0) is 23.9. The van der Waals surface area contributed by atoms with Crippen molar-refractivity contribution in [3.63, 3.8) is 0 Å². The number of thioether (sulfide) groups is 1. The molecular formula is C23H35NO6S. The molecule has 0 spiro atoms. The van der Waals surface area contributed by atoms with Gasteiger partial charge in [0, 0.05) is 17.7 Å². The second kappa shape index (κ2) is 11.4. The van der Waals surface area contributed by atoms with E-state index in [0.29, 0.717) is 12.3 Å². The first-order chi connectivity index (χ1) is 14.3. The fourth-order valence-corrected chi connectivity index (χ4v) is 4.28. The summed E-state index contributed by atoms with van der Waals surface area (Å²) in [6, 6.07) is 6.35. The molecule has 0 bridgehead atoms. The van der Waals surface area contributed by atoms with Gasteiger partial charge in [0.05, 0.1) is 11.8 Å². The predicted molar refractivity (Wildman–Crippen MR) is 121 cm³/mol. The minimum absolute atomic E-state index is 0.217. The molecule has 0 aromatic heterocycles. The van der Waals surface area contributed by atoms with Crippen molar-refractivity contribution in [2.24, 2.45) is 23.7 Å². The number of hydrogen-bond acceptors (Lipinski definition) is 5. The lowest BCUT2D eigenvalue weighted by Gasteiger charge is -2.18. The zero-order valence-electron chi connectivity index (χ0n) is 19.4. The maximum absolute atomic E-state index is 11.0. The molecule has 0 heterocycles. The maximum Gasteiger partial charge on any atom is 0.407 e. The number of benzene rings is 1. The quantitative estimate of drug-likeness (QED) is 0.517. The molecule has 0 radical (unpaired) electrons. The van der Waals surface area contributed by atoms with Gasteiger partial charge in [-0.3, -0.25) is 9.59 Å². The van der Waals surface area contributed by atoms with Gasteiger partial charge in [-0.1, -0.05) is 13.0 Å². The monoisotopic (exact) mass is 453 g/mol. The Kier molecular flexibility index (Phi) is 9.87. The van der Waals surface area contributed by atoms with Crippen LogP contribution in [-0.4, -0.2) is 46.6 Å². The second-order valence-corrected chi connectivity index (χ2v) is 10.1. The first-order valence-electron chi connectivity index (χ1n) is 10.3. The van der Waals surface area contributed by atoms with E-state index in [1.165, 1.54) is 23.1 Å². The van der Waals surface area contributed by atoms with Gasteiger partial charge in [-0.15, -0.1) is 11.8 Å². The summed E-state index contributed by atoms with van der Waals surface area (Å²) >= 11 is 1.75. The van der Waals surface area contributed by atoms with Crippen LogP contribution in [0.4, 0.5) is 4.79 Å². The van der Waals surface area contributed by atoms with Gasteiger partial charge < -0.3 is 20.3 Å². The van der Waals surface area contributed by atoms with Crippen molar-refractivity contribution in [1.82, 2.24) is 5.32 Å².